The van der Waals surface area contributed by atoms with Gasteiger partial charge in [0.15, 0.2) is 0 Å². The number of rotatable bonds is 3. The van der Waals surface area contributed by atoms with E-state index in [4.69, 9.17) is 5.11 Å². The average molecular weight is 265 g/mol. The Labute approximate surface area is 109 Å². The Hall–Kier alpha value is -2.15. The van der Waals surface area contributed by atoms with E-state index >= 15 is 0 Å². The van der Waals surface area contributed by atoms with Crippen LogP contribution in [-0.4, -0.2) is 41.3 Å². The molecule has 0 aliphatic carbocycles. The van der Waals surface area contributed by atoms with Gasteiger partial charge in [-0.1, -0.05) is 0 Å². The number of aromatic nitrogens is 1. The molecular weight excluding hydrogens is 250 g/mol. The Morgan fingerprint density at radius 3 is 2.84 bits per heavy atom. The van der Waals surface area contributed by atoms with Gasteiger partial charge in [0.05, 0.1) is 6.04 Å². The summed E-state index contributed by atoms with van der Waals surface area (Å²) >= 11 is 0. The van der Waals surface area contributed by atoms with E-state index in [9.17, 15) is 14.4 Å². The van der Waals surface area contributed by atoms with Gasteiger partial charge in [-0.15, -0.1) is 0 Å². The van der Waals surface area contributed by atoms with E-state index in [2.05, 4.69) is 5.32 Å². The molecule has 19 heavy (non-hydrogen) atoms. The summed E-state index contributed by atoms with van der Waals surface area (Å²) in [4.78, 5) is 35.0. The molecule has 0 saturated carbocycles. The van der Waals surface area contributed by atoms with Gasteiger partial charge in [0, 0.05) is 13.2 Å². The number of nitrogens with zero attached hydrogens (tertiary/aromatic N) is 2. The lowest BCUT2D eigenvalue weighted by atomic mass is 10.2. The van der Waals surface area contributed by atoms with Gasteiger partial charge in [0.2, 0.25) is 0 Å². The third kappa shape index (κ3) is 2.50. The van der Waals surface area contributed by atoms with Crippen LogP contribution in [0.2, 0.25) is 0 Å². The highest BCUT2D eigenvalue weighted by Crippen LogP contribution is 2.07. The van der Waals surface area contributed by atoms with Crippen molar-refractivity contribution in [3.8, 4) is 0 Å². The number of carboxylic acids is 1. The minimum Gasteiger partial charge on any atom is -0.477 e. The number of likely N-dealkylation sites (N-methyl/N-ethyl adjacent to an activating group) is 1. The molecule has 2 rings (SSSR count). The summed E-state index contributed by atoms with van der Waals surface area (Å²) < 4.78 is 1.02. The van der Waals surface area contributed by atoms with Crippen molar-refractivity contribution in [2.45, 2.75) is 18.9 Å². The molecule has 2 heterocycles. The van der Waals surface area contributed by atoms with Gasteiger partial charge in [-0.3, -0.25) is 9.59 Å². The first-order valence-corrected chi connectivity index (χ1v) is 5.98. The van der Waals surface area contributed by atoms with Gasteiger partial charge in [-0.2, -0.15) is 0 Å². The zero-order valence-corrected chi connectivity index (χ0v) is 10.5. The highest BCUT2D eigenvalue weighted by Gasteiger charge is 2.26. The van der Waals surface area contributed by atoms with Gasteiger partial charge < -0.3 is 10.4 Å². The summed E-state index contributed by atoms with van der Waals surface area (Å²) in [6.07, 6.45) is 3.01. The zero-order valence-electron chi connectivity index (χ0n) is 10.5. The predicted molar refractivity (Wildman–Crippen MR) is 67.8 cm³/mol. The van der Waals surface area contributed by atoms with Crippen LogP contribution in [0, 0.1) is 0 Å². The molecule has 0 aromatic carbocycles. The maximum absolute atomic E-state index is 12.1. The SMILES string of the molecule is CN(C(=O)[C@@H]1CCCN1)n1cccc(C(=O)O)c1=O. The monoisotopic (exact) mass is 265 g/mol. The quantitative estimate of drug-likeness (QED) is 0.761. The summed E-state index contributed by atoms with van der Waals surface area (Å²) in [6, 6.07) is 2.33. The van der Waals surface area contributed by atoms with Crippen molar-refractivity contribution in [1.29, 1.82) is 0 Å². The van der Waals surface area contributed by atoms with E-state index in [0.29, 0.717) is 0 Å². The Morgan fingerprint density at radius 2 is 2.26 bits per heavy atom. The van der Waals surface area contributed by atoms with E-state index in [1.165, 1.54) is 25.4 Å². The molecule has 1 amide bonds. The molecule has 0 spiro atoms. The number of carbonyl (C=O) groups is 2. The molecule has 1 aliphatic heterocycles. The van der Waals surface area contributed by atoms with E-state index < -0.39 is 11.5 Å². The maximum Gasteiger partial charge on any atom is 0.341 e. The number of nitrogens with one attached hydrogen (secondary N) is 1. The second-order valence-electron chi connectivity index (χ2n) is 4.39. The van der Waals surface area contributed by atoms with Crippen LogP contribution in [0.15, 0.2) is 23.1 Å². The molecule has 0 unspecified atom stereocenters. The largest absolute Gasteiger partial charge is 0.477 e. The van der Waals surface area contributed by atoms with Gasteiger partial charge in [-0.25, -0.2) is 14.5 Å². The first-order valence-electron chi connectivity index (χ1n) is 5.98. The van der Waals surface area contributed by atoms with Gasteiger partial charge in [0.25, 0.3) is 11.5 Å². The van der Waals surface area contributed by atoms with Gasteiger partial charge in [-0.05, 0) is 31.5 Å². The van der Waals surface area contributed by atoms with Gasteiger partial charge in [0.1, 0.15) is 5.56 Å². The van der Waals surface area contributed by atoms with E-state index in [1.54, 1.807) is 0 Å². The highest BCUT2D eigenvalue weighted by molar-refractivity contribution is 5.91. The lowest BCUT2D eigenvalue weighted by Crippen LogP contribution is -2.51. The van der Waals surface area contributed by atoms with Crippen LogP contribution >= 0.6 is 0 Å². The molecule has 1 fully saturated rings. The van der Waals surface area contributed by atoms with Crippen molar-refractivity contribution in [3.05, 3.63) is 34.2 Å². The summed E-state index contributed by atoms with van der Waals surface area (Å²) in [7, 11) is 1.45. The molecule has 1 aliphatic rings. The van der Waals surface area contributed by atoms with E-state index in [0.717, 1.165) is 29.1 Å². The van der Waals surface area contributed by atoms with E-state index in [1.807, 2.05) is 0 Å². The molecule has 0 bridgehead atoms. The fourth-order valence-electron chi connectivity index (χ4n) is 2.11. The van der Waals surface area contributed by atoms with Crippen molar-refractivity contribution in [2.75, 3.05) is 18.6 Å². The maximum atomic E-state index is 12.1. The Bertz CT molecular complexity index is 560. The number of carbonyl (C=O) groups excluding carboxylic acids is 1. The smallest absolute Gasteiger partial charge is 0.341 e. The molecule has 1 aromatic heterocycles. The molecule has 1 saturated heterocycles. The van der Waals surface area contributed by atoms with Crippen LogP contribution in [0.5, 0.6) is 0 Å². The second kappa shape index (κ2) is 5.23. The third-order valence-corrected chi connectivity index (χ3v) is 3.16. The van der Waals surface area contributed by atoms with Crippen molar-refractivity contribution in [1.82, 2.24) is 9.99 Å². The minimum atomic E-state index is -1.31. The fourth-order valence-corrected chi connectivity index (χ4v) is 2.11. The molecule has 1 atom stereocenters. The first kappa shape index (κ1) is 13.3. The number of amides is 1. The molecule has 7 nitrogen and oxygen atoms in total. The van der Waals surface area contributed by atoms with Crippen LogP contribution in [0.25, 0.3) is 0 Å². The van der Waals surface area contributed by atoms with Crippen molar-refractivity contribution in [3.63, 3.8) is 0 Å². The van der Waals surface area contributed by atoms with Crippen LogP contribution in [-0.2, 0) is 4.79 Å². The third-order valence-electron chi connectivity index (χ3n) is 3.16. The predicted octanol–water partition coefficient (Wildman–Crippen LogP) is -0.607. The normalized spacial score (nSPS) is 18.3. The number of carboxylic acid groups (broad SMARTS) is 1. The molecule has 102 valence electrons. The number of hydrogen-bond acceptors (Lipinski definition) is 4. The molecule has 0 radical (unpaired) electrons. The van der Waals surface area contributed by atoms with Gasteiger partial charge >= 0.3 is 5.97 Å². The number of pyridine rings is 1. The Kier molecular flexibility index (Phi) is 3.66. The summed E-state index contributed by atoms with van der Waals surface area (Å²) in [6.45, 7) is 0.772. The Balaban J connectivity index is 2.31. The first-order chi connectivity index (χ1) is 9.02. The standard InChI is InChI=1S/C12H15N3O4/c1-14(11(17)9-5-2-6-13-9)15-7-3-4-8(10(15)16)12(18)19/h3-4,7,9,13H,2,5-6H2,1H3,(H,18,19)/t9-/m0/s1. The summed E-state index contributed by atoms with van der Waals surface area (Å²) in [5, 5.41) is 13.1. The van der Waals surface area contributed by atoms with Crippen molar-refractivity contribution >= 4 is 11.9 Å². The van der Waals surface area contributed by atoms with Crippen molar-refractivity contribution < 1.29 is 14.7 Å². The van der Waals surface area contributed by atoms with Crippen molar-refractivity contribution in [2.24, 2.45) is 0 Å². The van der Waals surface area contributed by atoms with Crippen LogP contribution in [0.4, 0.5) is 0 Å². The number of aromatic carboxylic acids is 1. The lowest BCUT2D eigenvalue weighted by molar-refractivity contribution is -0.121. The molecule has 1 aromatic rings. The Morgan fingerprint density at radius 1 is 1.53 bits per heavy atom. The van der Waals surface area contributed by atoms with Crippen LogP contribution in [0.3, 0.4) is 0 Å². The molecule has 7 heteroatoms. The lowest BCUT2D eigenvalue weighted by Gasteiger charge is -2.22. The molecular formula is C12H15N3O4. The molecule has 2 N–H and O–H groups in total. The van der Waals surface area contributed by atoms with Crippen LogP contribution in [0.1, 0.15) is 23.2 Å². The summed E-state index contributed by atoms with van der Waals surface area (Å²) in [5.74, 6) is -1.55. The number of hydrogen-bond donors (Lipinski definition) is 2. The summed E-state index contributed by atoms with van der Waals surface area (Å²) in [5.41, 5.74) is -1.08. The van der Waals surface area contributed by atoms with Crippen LogP contribution < -0.4 is 15.9 Å². The topological polar surface area (TPSA) is 91.6 Å². The zero-order chi connectivity index (χ0) is 14.0. The average Bonchev–Trinajstić information content (AvgIpc) is 2.90. The second-order valence-corrected chi connectivity index (χ2v) is 4.39. The fraction of sp³-hybridized carbons (Fsp3) is 0.417. The minimum absolute atomic E-state index is 0.248. The highest BCUT2D eigenvalue weighted by atomic mass is 16.4. The van der Waals surface area contributed by atoms with E-state index in [-0.39, 0.29) is 17.5 Å².